The van der Waals surface area contributed by atoms with E-state index in [4.69, 9.17) is 0 Å². The van der Waals surface area contributed by atoms with Gasteiger partial charge in [0.25, 0.3) is 0 Å². The fourth-order valence-electron chi connectivity index (χ4n) is 2.66. The lowest BCUT2D eigenvalue weighted by molar-refractivity contribution is 0.218. The zero-order valence-corrected chi connectivity index (χ0v) is 13.6. The van der Waals surface area contributed by atoms with Gasteiger partial charge in [0.15, 0.2) is 5.13 Å². The molecule has 3 rings (SSSR count). The number of piperazine rings is 1. The summed E-state index contributed by atoms with van der Waals surface area (Å²) in [5.41, 5.74) is 3.13. The highest BCUT2D eigenvalue weighted by atomic mass is 32.1. The minimum Gasteiger partial charge on any atom is -0.343 e. The first kappa shape index (κ1) is 14.4. The van der Waals surface area contributed by atoms with E-state index in [0.29, 0.717) is 6.04 Å². The average Bonchev–Trinajstić information content (AvgIpc) is 2.88. The van der Waals surface area contributed by atoms with E-state index < -0.39 is 0 Å². The van der Waals surface area contributed by atoms with Gasteiger partial charge in [0, 0.05) is 50.0 Å². The van der Waals surface area contributed by atoms with Gasteiger partial charge in [0.1, 0.15) is 0 Å². The van der Waals surface area contributed by atoms with Crippen molar-refractivity contribution in [2.45, 2.75) is 33.4 Å². The number of aryl methyl sites for hydroxylation is 2. The van der Waals surface area contributed by atoms with Crippen molar-refractivity contribution >= 4 is 16.5 Å². The number of hydrogen-bond donors (Lipinski definition) is 0. The van der Waals surface area contributed by atoms with Crippen LogP contribution in [0.4, 0.5) is 5.13 Å². The summed E-state index contributed by atoms with van der Waals surface area (Å²) >= 11 is 1.74. The predicted molar refractivity (Wildman–Crippen MR) is 85.7 cm³/mol. The molecule has 0 spiro atoms. The second-order valence-corrected chi connectivity index (χ2v) is 6.53. The van der Waals surface area contributed by atoms with Gasteiger partial charge in [0.05, 0.1) is 17.1 Å². The molecule has 2 aromatic heterocycles. The van der Waals surface area contributed by atoms with Crippen molar-refractivity contribution in [3.8, 4) is 0 Å². The van der Waals surface area contributed by atoms with Crippen molar-refractivity contribution in [1.29, 1.82) is 0 Å². The summed E-state index contributed by atoms with van der Waals surface area (Å²) in [7, 11) is 0. The molecule has 2 aromatic rings. The van der Waals surface area contributed by atoms with Crippen LogP contribution in [-0.2, 0) is 6.54 Å². The molecule has 0 bridgehead atoms. The first-order chi connectivity index (χ1) is 10.1. The van der Waals surface area contributed by atoms with E-state index >= 15 is 0 Å². The highest BCUT2D eigenvalue weighted by Gasteiger charge is 2.25. The number of thiazole rings is 1. The predicted octanol–water partition coefficient (Wildman–Crippen LogP) is 2.26. The molecule has 6 heteroatoms. The van der Waals surface area contributed by atoms with E-state index in [1.165, 1.54) is 0 Å². The minimum absolute atomic E-state index is 0.475. The Balaban J connectivity index is 1.61. The molecule has 0 N–H and O–H groups in total. The summed E-state index contributed by atoms with van der Waals surface area (Å²) in [6, 6.07) is 0.475. The molecule has 1 aliphatic heterocycles. The van der Waals surface area contributed by atoms with E-state index in [-0.39, 0.29) is 0 Å². The van der Waals surface area contributed by atoms with Crippen molar-refractivity contribution in [1.82, 2.24) is 19.9 Å². The van der Waals surface area contributed by atoms with Crippen molar-refractivity contribution in [3.05, 3.63) is 34.9 Å². The van der Waals surface area contributed by atoms with Crippen LogP contribution in [0.1, 0.15) is 24.0 Å². The molecule has 1 fully saturated rings. The maximum absolute atomic E-state index is 4.61. The fourth-order valence-corrected chi connectivity index (χ4v) is 3.60. The van der Waals surface area contributed by atoms with E-state index in [1.807, 2.05) is 19.3 Å². The van der Waals surface area contributed by atoms with Crippen LogP contribution in [0.5, 0.6) is 0 Å². The quantitative estimate of drug-likeness (QED) is 0.870. The first-order valence-corrected chi connectivity index (χ1v) is 8.18. The van der Waals surface area contributed by atoms with E-state index in [2.05, 4.69) is 44.0 Å². The Morgan fingerprint density at radius 2 is 2.05 bits per heavy atom. The van der Waals surface area contributed by atoms with E-state index in [1.54, 1.807) is 11.3 Å². The smallest absolute Gasteiger partial charge is 0.185 e. The molecule has 5 nitrogen and oxygen atoms in total. The molecule has 1 atom stereocenters. The van der Waals surface area contributed by atoms with Crippen molar-refractivity contribution in [2.75, 3.05) is 24.5 Å². The summed E-state index contributed by atoms with van der Waals surface area (Å²) in [6.07, 6.45) is 3.73. The van der Waals surface area contributed by atoms with Gasteiger partial charge in [-0.3, -0.25) is 14.9 Å². The van der Waals surface area contributed by atoms with Gasteiger partial charge in [-0.05, 0) is 20.8 Å². The Bertz CT molecular complexity index is 594. The van der Waals surface area contributed by atoms with Gasteiger partial charge in [-0.1, -0.05) is 0 Å². The third-order valence-electron chi connectivity index (χ3n) is 3.78. The second kappa shape index (κ2) is 6.07. The molecule has 0 aromatic carbocycles. The highest BCUT2D eigenvalue weighted by Crippen LogP contribution is 2.24. The molecule has 3 heterocycles. The topological polar surface area (TPSA) is 45.2 Å². The van der Waals surface area contributed by atoms with Gasteiger partial charge in [-0.15, -0.1) is 11.3 Å². The molecule has 112 valence electrons. The molecule has 21 heavy (non-hydrogen) atoms. The standard InChI is InChI=1S/C15H21N5S/c1-11-6-17-14(7-16-11)9-19-4-5-20(13(3)8-19)15-18-12(2)10-21-15/h6-7,10,13H,4-5,8-9H2,1-3H3/t13-/m0/s1. The molecule has 0 aliphatic carbocycles. The number of hydrogen-bond acceptors (Lipinski definition) is 6. The molecule has 0 radical (unpaired) electrons. The Labute approximate surface area is 129 Å². The van der Waals surface area contributed by atoms with Crippen LogP contribution >= 0.6 is 11.3 Å². The molecule has 0 amide bonds. The summed E-state index contributed by atoms with van der Waals surface area (Å²) in [5.74, 6) is 0. The Morgan fingerprint density at radius 3 is 2.67 bits per heavy atom. The number of aromatic nitrogens is 3. The Morgan fingerprint density at radius 1 is 1.19 bits per heavy atom. The van der Waals surface area contributed by atoms with Gasteiger partial charge in [-0.2, -0.15) is 0 Å². The molecule has 0 saturated carbocycles. The largest absolute Gasteiger partial charge is 0.343 e. The van der Waals surface area contributed by atoms with Crippen LogP contribution in [0, 0.1) is 13.8 Å². The zero-order chi connectivity index (χ0) is 14.8. The van der Waals surface area contributed by atoms with Crippen LogP contribution in [0.3, 0.4) is 0 Å². The molecule has 0 unspecified atom stereocenters. The average molecular weight is 303 g/mol. The first-order valence-electron chi connectivity index (χ1n) is 7.30. The number of rotatable bonds is 3. The molecule has 1 saturated heterocycles. The Kier molecular flexibility index (Phi) is 4.17. The van der Waals surface area contributed by atoms with Crippen LogP contribution in [0.2, 0.25) is 0 Å². The van der Waals surface area contributed by atoms with Crippen molar-refractivity contribution < 1.29 is 0 Å². The maximum atomic E-state index is 4.61. The fraction of sp³-hybridized carbons (Fsp3) is 0.533. The lowest BCUT2D eigenvalue weighted by Crippen LogP contribution is -2.51. The van der Waals surface area contributed by atoms with Crippen molar-refractivity contribution in [2.24, 2.45) is 0 Å². The van der Waals surface area contributed by atoms with Gasteiger partial charge < -0.3 is 4.90 Å². The SMILES string of the molecule is Cc1cnc(CN2CCN(c3nc(C)cs3)[C@@H](C)C2)cn1. The van der Waals surface area contributed by atoms with E-state index in [9.17, 15) is 0 Å². The Hall–Kier alpha value is -1.53. The maximum Gasteiger partial charge on any atom is 0.185 e. The number of nitrogens with zero attached hydrogens (tertiary/aromatic N) is 5. The molecular formula is C15H21N5S. The minimum atomic E-state index is 0.475. The molecule has 1 aliphatic rings. The highest BCUT2D eigenvalue weighted by molar-refractivity contribution is 7.13. The second-order valence-electron chi connectivity index (χ2n) is 5.70. The summed E-state index contributed by atoms with van der Waals surface area (Å²) < 4.78 is 0. The zero-order valence-electron chi connectivity index (χ0n) is 12.8. The third kappa shape index (κ3) is 3.39. The lowest BCUT2D eigenvalue weighted by Gasteiger charge is -2.39. The van der Waals surface area contributed by atoms with Crippen LogP contribution < -0.4 is 4.90 Å². The number of anilines is 1. The monoisotopic (exact) mass is 303 g/mol. The third-order valence-corrected chi connectivity index (χ3v) is 4.78. The summed E-state index contributed by atoms with van der Waals surface area (Å²) in [6.45, 7) is 10.3. The van der Waals surface area contributed by atoms with Crippen LogP contribution in [0.25, 0.3) is 0 Å². The van der Waals surface area contributed by atoms with Gasteiger partial charge in [0.2, 0.25) is 0 Å². The normalized spacial score (nSPS) is 20.0. The van der Waals surface area contributed by atoms with E-state index in [0.717, 1.165) is 48.4 Å². The summed E-state index contributed by atoms with van der Waals surface area (Å²) in [5, 5.41) is 3.27. The molecular weight excluding hydrogens is 282 g/mol. The van der Waals surface area contributed by atoms with Crippen molar-refractivity contribution in [3.63, 3.8) is 0 Å². The van der Waals surface area contributed by atoms with Crippen LogP contribution in [-0.4, -0.2) is 45.5 Å². The van der Waals surface area contributed by atoms with Crippen LogP contribution in [0.15, 0.2) is 17.8 Å². The summed E-state index contributed by atoms with van der Waals surface area (Å²) in [4.78, 5) is 18.2. The lowest BCUT2D eigenvalue weighted by atomic mass is 10.2. The van der Waals surface area contributed by atoms with Gasteiger partial charge >= 0.3 is 0 Å². The van der Waals surface area contributed by atoms with Gasteiger partial charge in [-0.25, -0.2) is 4.98 Å².